The van der Waals surface area contributed by atoms with E-state index in [9.17, 15) is 14.9 Å². The van der Waals surface area contributed by atoms with Crippen LogP contribution in [0.15, 0.2) is 24.3 Å². The monoisotopic (exact) mass is 296 g/mol. The number of halogens is 1. The van der Waals surface area contributed by atoms with Gasteiger partial charge in [-0.25, -0.2) is 0 Å². The summed E-state index contributed by atoms with van der Waals surface area (Å²) in [6.45, 7) is 4.00. The maximum atomic E-state index is 11.7. The first-order valence-electron chi connectivity index (χ1n) is 6.40. The van der Waals surface area contributed by atoms with Crippen LogP contribution < -0.4 is 5.32 Å². The Hall–Kier alpha value is -1.88. The Labute approximate surface area is 122 Å². The highest BCUT2D eigenvalue weighted by Crippen LogP contribution is 2.25. The normalized spacial score (nSPS) is 11.0. The summed E-state index contributed by atoms with van der Waals surface area (Å²) in [5, 5.41) is 13.7. The van der Waals surface area contributed by atoms with Crippen molar-refractivity contribution in [1.82, 2.24) is 5.32 Å². The van der Waals surface area contributed by atoms with Crippen LogP contribution in [0.4, 0.5) is 5.69 Å². The Morgan fingerprint density at radius 1 is 1.45 bits per heavy atom. The van der Waals surface area contributed by atoms with Gasteiger partial charge in [-0.05, 0) is 30.5 Å². The number of amides is 1. The average Bonchev–Trinajstić information content (AvgIpc) is 2.43. The molecule has 0 aliphatic carbocycles. The Kier molecular flexibility index (Phi) is 6.18. The molecule has 5 nitrogen and oxygen atoms in total. The summed E-state index contributed by atoms with van der Waals surface area (Å²) in [5.41, 5.74) is 0.384. The van der Waals surface area contributed by atoms with Crippen molar-refractivity contribution in [3.8, 4) is 0 Å². The lowest BCUT2D eigenvalue weighted by Gasteiger charge is -2.12. The van der Waals surface area contributed by atoms with Gasteiger partial charge in [-0.15, -0.1) is 0 Å². The van der Waals surface area contributed by atoms with E-state index in [1.165, 1.54) is 24.3 Å². The van der Waals surface area contributed by atoms with E-state index < -0.39 is 4.92 Å². The summed E-state index contributed by atoms with van der Waals surface area (Å²) in [6.07, 6.45) is 4.62. The smallest absolute Gasteiger partial charge is 0.288 e. The van der Waals surface area contributed by atoms with E-state index >= 15 is 0 Å². The van der Waals surface area contributed by atoms with E-state index in [1.807, 2.05) is 13.8 Å². The van der Waals surface area contributed by atoms with Crippen LogP contribution in [0.5, 0.6) is 0 Å². The Morgan fingerprint density at radius 3 is 2.65 bits per heavy atom. The zero-order valence-electron chi connectivity index (χ0n) is 11.4. The second-order valence-corrected chi connectivity index (χ2v) is 4.73. The third-order valence-electron chi connectivity index (χ3n) is 2.93. The molecule has 0 radical (unpaired) electrons. The first-order chi connectivity index (χ1) is 9.47. The summed E-state index contributed by atoms with van der Waals surface area (Å²) in [4.78, 5) is 21.9. The van der Waals surface area contributed by atoms with E-state index in [1.54, 1.807) is 6.07 Å². The summed E-state index contributed by atoms with van der Waals surface area (Å²) < 4.78 is 0. The van der Waals surface area contributed by atoms with Crippen LogP contribution in [-0.4, -0.2) is 16.9 Å². The molecule has 0 heterocycles. The standard InChI is InChI=1S/C14H17ClN2O3/c1-3-11(4-2)16-14(18)8-6-10-5-7-12(15)13(9-10)17(19)20/h5-9,11H,3-4H2,1-2H3,(H,16,18)/b8-6+. The minimum Gasteiger partial charge on any atom is -0.350 e. The molecule has 108 valence electrons. The number of benzene rings is 1. The lowest BCUT2D eigenvalue weighted by atomic mass is 10.1. The van der Waals surface area contributed by atoms with Gasteiger partial charge in [0.1, 0.15) is 5.02 Å². The number of hydrogen-bond donors (Lipinski definition) is 1. The molecule has 0 spiro atoms. The minimum absolute atomic E-state index is 0.0774. The molecule has 1 rings (SSSR count). The molecule has 0 saturated heterocycles. The van der Waals surface area contributed by atoms with Crippen molar-refractivity contribution in [2.45, 2.75) is 32.7 Å². The van der Waals surface area contributed by atoms with E-state index in [4.69, 9.17) is 11.6 Å². The van der Waals surface area contributed by atoms with E-state index in [0.29, 0.717) is 5.56 Å². The molecule has 1 N–H and O–H groups in total. The van der Waals surface area contributed by atoms with Crippen LogP contribution in [0.3, 0.4) is 0 Å². The number of carbonyl (C=O) groups is 1. The molecule has 0 aromatic heterocycles. The molecule has 0 bridgehead atoms. The van der Waals surface area contributed by atoms with Crippen molar-refractivity contribution < 1.29 is 9.72 Å². The van der Waals surface area contributed by atoms with Gasteiger partial charge in [0.15, 0.2) is 0 Å². The SMILES string of the molecule is CCC(CC)NC(=O)/C=C/c1ccc(Cl)c([N+](=O)[O-])c1. The number of nitro groups is 1. The zero-order chi connectivity index (χ0) is 15.1. The predicted octanol–water partition coefficient (Wildman–Crippen LogP) is 3.57. The lowest BCUT2D eigenvalue weighted by Crippen LogP contribution is -2.32. The number of rotatable bonds is 6. The topological polar surface area (TPSA) is 72.2 Å². The van der Waals surface area contributed by atoms with Crippen molar-refractivity contribution in [3.63, 3.8) is 0 Å². The predicted molar refractivity (Wildman–Crippen MR) is 79.7 cm³/mol. The first kappa shape index (κ1) is 16.2. The van der Waals surface area contributed by atoms with Gasteiger partial charge in [-0.2, -0.15) is 0 Å². The van der Waals surface area contributed by atoms with E-state index in [0.717, 1.165) is 12.8 Å². The molecule has 0 unspecified atom stereocenters. The molecule has 0 fully saturated rings. The van der Waals surface area contributed by atoms with Gasteiger partial charge in [-0.1, -0.05) is 31.5 Å². The third kappa shape index (κ3) is 4.66. The molecule has 1 aromatic carbocycles. The van der Waals surface area contributed by atoms with Gasteiger partial charge in [0.05, 0.1) is 4.92 Å². The molecule has 6 heteroatoms. The lowest BCUT2D eigenvalue weighted by molar-refractivity contribution is -0.384. The van der Waals surface area contributed by atoms with Crippen molar-refractivity contribution in [1.29, 1.82) is 0 Å². The number of nitrogens with one attached hydrogen (secondary N) is 1. The molecule has 0 aliphatic heterocycles. The Balaban J connectivity index is 2.78. The molecule has 0 atom stereocenters. The molecule has 0 aliphatic rings. The second-order valence-electron chi connectivity index (χ2n) is 4.32. The quantitative estimate of drug-likeness (QED) is 0.495. The molecular weight excluding hydrogens is 280 g/mol. The first-order valence-corrected chi connectivity index (χ1v) is 6.78. The fraction of sp³-hybridized carbons (Fsp3) is 0.357. The maximum absolute atomic E-state index is 11.7. The highest BCUT2D eigenvalue weighted by atomic mass is 35.5. The van der Waals surface area contributed by atoms with Gasteiger partial charge >= 0.3 is 0 Å². The summed E-state index contributed by atoms with van der Waals surface area (Å²) in [7, 11) is 0. The summed E-state index contributed by atoms with van der Waals surface area (Å²) in [5.74, 6) is -0.212. The largest absolute Gasteiger partial charge is 0.350 e. The minimum atomic E-state index is -0.552. The van der Waals surface area contributed by atoms with Crippen LogP contribution in [0.1, 0.15) is 32.3 Å². The van der Waals surface area contributed by atoms with Gasteiger partial charge in [-0.3, -0.25) is 14.9 Å². The Bertz CT molecular complexity index is 525. The zero-order valence-corrected chi connectivity index (χ0v) is 12.2. The fourth-order valence-electron chi connectivity index (χ4n) is 1.69. The van der Waals surface area contributed by atoms with Gasteiger partial charge in [0.2, 0.25) is 5.91 Å². The highest BCUT2D eigenvalue weighted by molar-refractivity contribution is 6.32. The number of carbonyl (C=O) groups excluding carboxylic acids is 1. The second kappa shape index (κ2) is 7.65. The van der Waals surface area contributed by atoms with Gasteiger partial charge in [0.25, 0.3) is 5.69 Å². The summed E-state index contributed by atoms with van der Waals surface area (Å²) in [6, 6.07) is 4.55. The maximum Gasteiger partial charge on any atom is 0.288 e. The van der Waals surface area contributed by atoms with Crippen LogP contribution in [0.25, 0.3) is 6.08 Å². The van der Waals surface area contributed by atoms with Crippen molar-refractivity contribution >= 4 is 29.3 Å². The molecule has 1 aromatic rings. The Morgan fingerprint density at radius 2 is 2.10 bits per heavy atom. The fourth-order valence-corrected chi connectivity index (χ4v) is 1.87. The van der Waals surface area contributed by atoms with Gasteiger partial charge in [0, 0.05) is 18.2 Å². The van der Waals surface area contributed by atoms with Gasteiger partial charge < -0.3 is 5.32 Å². The number of nitro benzene ring substituents is 1. The molecule has 1 amide bonds. The van der Waals surface area contributed by atoms with Crippen LogP contribution in [0, 0.1) is 10.1 Å². The highest BCUT2D eigenvalue weighted by Gasteiger charge is 2.12. The van der Waals surface area contributed by atoms with E-state index in [-0.39, 0.29) is 22.7 Å². The van der Waals surface area contributed by atoms with Crippen molar-refractivity contribution in [2.75, 3.05) is 0 Å². The van der Waals surface area contributed by atoms with Crippen molar-refractivity contribution in [2.24, 2.45) is 0 Å². The number of nitrogens with zero attached hydrogens (tertiary/aromatic N) is 1. The average molecular weight is 297 g/mol. The van der Waals surface area contributed by atoms with Crippen LogP contribution in [-0.2, 0) is 4.79 Å². The van der Waals surface area contributed by atoms with E-state index in [2.05, 4.69) is 5.32 Å². The van der Waals surface area contributed by atoms with Crippen LogP contribution >= 0.6 is 11.6 Å². The summed E-state index contributed by atoms with van der Waals surface area (Å²) >= 11 is 5.72. The van der Waals surface area contributed by atoms with Crippen molar-refractivity contribution in [3.05, 3.63) is 45.0 Å². The molecule has 20 heavy (non-hydrogen) atoms. The third-order valence-corrected chi connectivity index (χ3v) is 3.25. The number of hydrogen-bond acceptors (Lipinski definition) is 3. The molecular formula is C14H17ClN2O3. The van der Waals surface area contributed by atoms with Crippen LogP contribution in [0.2, 0.25) is 5.02 Å². The molecule has 0 saturated carbocycles.